The van der Waals surface area contributed by atoms with Crippen molar-refractivity contribution in [2.45, 2.75) is 6.92 Å². The second-order valence-electron chi connectivity index (χ2n) is 4.19. The summed E-state index contributed by atoms with van der Waals surface area (Å²) in [5, 5.41) is 8.97. The average Bonchev–Trinajstić information content (AvgIpc) is 2.50. The number of hydrogen-bond donors (Lipinski definition) is 1. The van der Waals surface area contributed by atoms with Crippen molar-refractivity contribution in [3.8, 4) is 0 Å². The van der Waals surface area contributed by atoms with Gasteiger partial charge >= 0.3 is 18.0 Å². The molecule has 7 heteroatoms. The zero-order valence-electron chi connectivity index (χ0n) is 12.0. The Morgan fingerprint density at radius 3 is 2.24 bits per heavy atom. The SMILES string of the molecule is CCN(CC(=O)OC)C(=O)N(CC(=O)O)c1ccccc1. The molecule has 1 aromatic carbocycles. The van der Waals surface area contributed by atoms with Gasteiger partial charge in [-0.05, 0) is 19.1 Å². The highest BCUT2D eigenvalue weighted by atomic mass is 16.5. The quantitative estimate of drug-likeness (QED) is 0.796. The molecule has 0 radical (unpaired) electrons. The summed E-state index contributed by atoms with van der Waals surface area (Å²) >= 11 is 0. The zero-order chi connectivity index (χ0) is 15.8. The van der Waals surface area contributed by atoms with Gasteiger partial charge in [-0.2, -0.15) is 0 Å². The third-order valence-electron chi connectivity index (χ3n) is 2.79. The fourth-order valence-electron chi connectivity index (χ4n) is 1.72. The van der Waals surface area contributed by atoms with Crippen LogP contribution in [0.3, 0.4) is 0 Å². The number of carbonyl (C=O) groups is 3. The third-order valence-corrected chi connectivity index (χ3v) is 2.79. The molecule has 0 heterocycles. The minimum Gasteiger partial charge on any atom is -0.480 e. The number of urea groups is 1. The number of carboxylic acids is 1. The number of methoxy groups -OCH3 is 1. The van der Waals surface area contributed by atoms with Crippen molar-refractivity contribution in [1.82, 2.24) is 4.90 Å². The number of rotatable bonds is 6. The number of likely N-dealkylation sites (N-methyl/N-ethyl adjacent to an activating group) is 1. The second kappa shape index (κ2) is 7.88. The topological polar surface area (TPSA) is 87.2 Å². The Bertz CT molecular complexity index is 503. The maximum absolute atomic E-state index is 12.4. The number of esters is 1. The number of anilines is 1. The van der Waals surface area contributed by atoms with Crippen molar-refractivity contribution >= 4 is 23.7 Å². The smallest absolute Gasteiger partial charge is 0.325 e. The fraction of sp³-hybridized carbons (Fsp3) is 0.357. The summed E-state index contributed by atoms with van der Waals surface area (Å²) in [6, 6.07) is 7.87. The maximum Gasteiger partial charge on any atom is 0.325 e. The normalized spacial score (nSPS) is 9.81. The van der Waals surface area contributed by atoms with Gasteiger partial charge < -0.3 is 14.7 Å². The summed E-state index contributed by atoms with van der Waals surface area (Å²) in [5.41, 5.74) is 0.452. The highest BCUT2D eigenvalue weighted by Crippen LogP contribution is 2.15. The van der Waals surface area contributed by atoms with E-state index in [-0.39, 0.29) is 13.1 Å². The molecule has 2 amide bonds. The van der Waals surface area contributed by atoms with E-state index >= 15 is 0 Å². The van der Waals surface area contributed by atoms with Crippen LogP contribution in [0.5, 0.6) is 0 Å². The molecule has 0 saturated carbocycles. The molecule has 0 aliphatic rings. The zero-order valence-corrected chi connectivity index (χ0v) is 12.0. The molecule has 1 aromatic rings. The van der Waals surface area contributed by atoms with Crippen LogP contribution in [0.15, 0.2) is 30.3 Å². The second-order valence-corrected chi connectivity index (χ2v) is 4.19. The average molecular weight is 294 g/mol. The molecule has 0 aliphatic heterocycles. The lowest BCUT2D eigenvalue weighted by molar-refractivity contribution is -0.141. The number of carboxylic acid groups (broad SMARTS) is 1. The van der Waals surface area contributed by atoms with Gasteiger partial charge in [0.2, 0.25) is 0 Å². The first-order valence-electron chi connectivity index (χ1n) is 6.39. The van der Waals surface area contributed by atoms with E-state index in [4.69, 9.17) is 5.11 Å². The molecule has 114 valence electrons. The van der Waals surface area contributed by atoms with Gasteiger partial charge in [0, 0.05) is 12.2 Å². The van der Waals surface area contributed by atoms with Gasteiger partial charge in [0.05, 0.1) is 7.11 Å². The summed E-state index contributed by atoms with van der Waals surface area (Å²) in [6.45, 7) is 1.25. The molecule has 0 spiro atoms. The Morgan fingerprint density at radius 2 is 1.76 bits per heavy atom. The lowest BCUT2D eigenvalue weighted by Gasteiger charge is -2.28. The molecule has 0 unspecified atom stereocenters. The maximum atomic E-state index is 12.4. The van der Waals surface area contributed by atoms with Crippen molar-refractivity contribution in [1.29, 1.82) is 0 Å². The Balaban J connectivity index is 2.98. The summed E-state index contributed by atoms with van der Waals surface area (Å²) in [7, 11) is 1.23. The number of carbonyl (C=O) groups excluding carboxylic acids is 2. The van der Waals surface area contributed by atoms with Gasteiger partial charge in [0.1, 0.15) is 13.1 Å². The predicted molar refractivity (Wildman–Crippen MR) is 76.1 cm³/mol. The van der Waals surface area contributed by atoms with E-state index in [2.05, 4.69) is 4.74 Å². The number of hydrogen-bond acceptors (Lipinski definition) is 4. The standard InChI is InChI=1S/C14H18N2O5/c1-3-15(10-13(19)21-2)14(20)16(9-12(17)18)11-7-5-4-6-8-11/h4-8H,3,9-10H2,1-2H3,(H,17,18). The van der Waals surface area contributed by atoms with Gasteiger partial charge in [0.25, 0.3) is 0 Å². The molecule has 0 bridgehead atoms. The molecule has 21 heavy (non-hydrogen) atoms. The number of amides is 2. The van der Waals surface area contributed by atoms with E-state index in [1.54, 1.807) is 37.3 Å². The summed E-state index contributed by atoms with van der Waals surface area (Å²) in [4.78, 5) is 37.1. The Labute approximate surface area is 122 Å². The highest BCUT2D eigenvalue weighted by molar-refractivity contribution is 5.97. The summed E-state index contributed by atoms with van der Waals surface area (Å²) < 4.78 is 4.53. The Kier molecular flexibility index (Phi) is 6.19. The Hall–Kier alpha value is -2.57. The fourth-order valence-corrected chi connectivity index (χ4v) is 1.72. The van der Waals surface area contributed by atoms with Crippen LogP contribution < -0.4 is 4.90 Å². The van der Waals surface area contributed by atoms with E-state index in [0.717, 1.165) is 4.90 Å². The van der Waals surface area contributed by atoms with Gasteiger partial charge in [-0.15, -0.1) is 0 Å². The molecule has 0 aromatic heterocycles. The largest absolute Gasteiger partial charge is 0.480 e. The lowest BCUT2D eigenvalue weighted by Crippen LogP contribution is -2.47. The number of ether oxygens (including phenoxy) is 1. The monoisotopic (exact) mass is 294 g/mol. The van der Waals surface area contributed by atoms with Crippen LogP contribution in [-0.4, -0.2) is 54.7 Å². The van der Waals surface area contributed by atoms with Crippen LogP contribution in [0.2, 0.25) is 0 Å². The van der Waals surface area contributed by atoms with Gasteiger partial charge in [0.15, 0.2) is 0 Å². The van der Waals surface area contributed by atoms with Crippen LogP contribution in [0.25, 0.3) is 0 Å². The van der Waals surface area contributed by atoms with Crippen molar-refractivity contribution < 1.29 is 24.2 Å². The van der Waals surface area contributed by atoms with Gasteiger partial charge in [-0.25, -0.2) is 4.79 Å². The highest BCUT2D eigenvalue weighted by Gasteiger charge is 2.25. The van der Waals surface area contributed by atoms with Crippen molar-refractivity contribution in [3.05, 3.63) is 30.3 Å². The summed E-state index contributed by atoms with van der Waals surface area (Å²) in [5.74, 6) is -1.70. The lowest BCUT2D eigenvalue weighted by atomic mass is 10.3. The van der Waals surface area contributed by atoms with E-state index < -0.39 is 24.5 Å². The first-order valence-corrected chi connectivity index (χ1v) is 6.39. The predicted octanol–water partition coefficient (Wildman–Crippen LogP) is 1.19. The first-order chi connectivity index (χ1) is 9.99. The number of benzene rings is 1. The van der Waals surface area contributed by atoms with Crippen molar-refractivity contribution in [3.63, 3.8) is 0 Å². The van der Waals surface area contributed by atoms with E-state index in [0.29, 0.717) is 5.69 Å². The van der Waals surface area contributed by atoms with Crippen molar-refractivity contribution in [2.24, 2.45) is 0 Å². The molecule has 1 N–H and O–H groups in total. The molecule has 0 atom stereocenters. The van der Waals surface area contributed by atoms with Crippen LogP contribution in [0.4, 0.5) is 10.5 Å². The third kappa shape index (κ3) is 4.79. The van der Waals surface area contributed by atoms with E-state index in [1.165, 1.54) is 12.0 Å². The number of aliphatic carboxylic acids is 1. The van der Waals surface area contributed by atoms with E-state index in [1.807, 2.05) is 0 Å². The van der Waals surface area contributed by atoms with Gasteiger partial charge in [-0.3, -0.25) is 14.5 Å². The first kappa shape index (κ1) is 16.5. The van der Waals surface area contributed by atoms with Crippen LogP contribution >= 0.6 is 0 Å². The molecule has 0 fully saturated rings. The molecule has 1 rings (SSSR count). The molecular weight excluding hydrogens is 276 g/mol. The van der Waals surface area contributed by atoms with E-state index in [9.17, 15) is 14.4 Å². The molecule has 7 nitrogen and oxygen atoms in total. The molecule has 0 saturated heterocycles. The molecular formula is C14H18N2O5. The van der Waals surface area contributed by atoms with Crippen LogP contribution in [-0.2, 0) is 14.3 Å². The minimum absolute atomic E-state index is 0.227. The van der Waals surface area contributed by atoms with Crippen molar-refractivity contribution in [2.75, 3.05) is 31.6 Å². The number of para-hydroxylation sites is 1. The molecule has 0 aliphatic carbocycles. The number of nitrogens with zero attached hydrogens (tertiary/aromatic N) is 2. The van der Waals surface area contributed by atoms with Crippen LogP contribution in [0.1, 0.15) is 6.92 Å². The Morgan fingerprint density at radius 1 is 1.14 bits per heavy atom. The van der Waals surface area contributed by atoms with Gasteiger partial charge in [-0.1, -0.05) is 18.2 Å². The van der Waals surface area contributed by atoms with Crippen LogP contribution in [0, 0.1) is 0 Å². The minimum atomic E-state index is -1.14. The summed E-state index contributed by atoms with van der Waals surface area (Å²) in [6.07, 6.45) is 0.